The summed E-state index contributed by atoms with van der Waals surface area (Å²) in [6.07, 6.45) is 1.68. The van der Waals surface area contributed by atoms with Gasteiger partial charge in [0, 0.05) is 17.7 Å². The average molecular weight is 601 g/mol. The van der Waals surface area contributed by atoms with Gasteiger partial charge in [-0.2, -0.15) is 0 Å². The van der Waals surface area contributed by atoms with Gasteiger partial charge < -0.3 is 19.9 Å². The standard InChI is InChI=1S/C34H28F4N4O2/c1-41-13-11-18(12-14-41)22-8-5-19(15-26(22)37)23-9-6-20-17-42(34(44)29(20)30(23)38)32(24-16-21(35)7-10-28(24)43)33-39-27-4-2-3-25(36)31(27)40-33/h2-10,15-16,18,32,43H,11-14,17H2,1H3,(H,39,40). The number of aromatic hydroxyl groups is 1. The van der Waals surface area contributed by atoms with E-state index in [0.717, 1.165) is 44.1 Å². The van der Waals surface area contributed by atoms with Crippen LogP contribution in [0.2, 0.25) is 0 Å². The number of halogens is 4. The van der Waals surface area contributed by atoms with Crippen LogP contribution >= 0.6 is 0 Å². The number of nitrogens with zero attached hydrogens (tertiary/aromatic N) is 3. The van der Waals surface area contributed by atoms with Gasteiger partial charge in [0.1, 0.15) is 40.6 Å². The van der Waals surface area contributed by atoms with E-state index in [1.54, 1.807) is 24.3 Å². The van der Waals surface area contributed by atoms with Gasteiger partial charge in [0.15, 0.2) is 5.82 Å². The van der Waals surface area contributed by atoms with E-state index in [1.165, 1.54) is 29.2 Å². The molecule has 0 bridgehead atoms. The number of aromatic amines is 1. The zero-order chi connectivity index (χ0) is 30.7. The molecule has 2 aliphatic heterocycles. The molecule has 2 aliphatic rings. The quantitative estimate of drug-likeness (QED) is 0.212. The fourth-order valence-electron chi connectivity index (χ4n) is 6.51. The Bertz CT molecular complexity index is 1930. The van der Waals surface area contributed by atoms with Gasteiger partial charge in [-0.3, -0.25) is 4.79 Å². The number of rotatable bonds is 5. The molecule has 1 amide bonds. The smallest absolute Gasteiger partial charge is 0.258 e. The number of amides is 1. The Morgan fingerprint density at radius 2 is 1.75 bits per heavy atom. The Labute approximate surface area is 250 Å². The largest absolute Gasteiger partial charge is 0.508 e. The summed E-state index contributed by atoms with van der Waals surface area (Å²) in [6, 6.07) is 14.2. The van der Waals surface area contributed by atoms with Crippen LogP contribution in [0.15, 0.2) is 66.7 Å². The number of phenols is 1. The number of nitrogens with one attached hydrogen (secondary N) is 1. The molecule has 0 spiro atoms. The first-order valence-electron chi connectivity index (χ1n) is 14.4. The number of H-pyrrole nitrogens is 1. The summed E-state index contributed by atoms with van der Waals surface area (Å²) >= 11 is 0. The molecule has 0 aliphatic carbocycles. The summed E-state index contributed by atoms with van der Waals surface area (Å²) in [6.45, 7) is 1.66. The lowest BCUT2D eigenvalue weighted by Gasteiger charge is -2.29. The molecule has 2 N–H and O–H groups in total. The summed E-state index contributed by atoms with van der Waals surface area (Å²) < 4.78 is 60.5. The Balaban J connectivity index is 1.27. The summed E-state index contributed by atoms with van der Waals surface area (Å²) in [5.74, 6) is -3.38. The zero-order valence-electron chi connectivity index (χ0n) is 23.8. The maximum atomic E-state index is 16.2. The van der Waals surface area contributed by atoms with Crippen LogP contribution in [0.4, 0.5) is 17.6 Å². The van der Waals surface area contributed by atoms with Crippen LogP contribution in [0, 0.1) is 23.3 Å². The number of phenolic OH excluding ortho intramolecular Hbond substituents is 1. The number of hydrogen-bond acceptors (Lipinski definition) is 4. The number of benzene rings is 4. The third-order valence-electron chi connectivity index (χ3n) is 8.85. The van der Waals surface area contributed by atoms with Gasteiger partial charge in [-0.25, -0.2) is 22.5 Å². The first-order chi connectivity index (χ1) is 21.2. The minimum Gasteiger partial charge on any atom is -0.508 e. The minimum atomic E-state index is -1.20. The van der Waals surface area contributed by atoms with Crippen LogP contribution in [-0.2, 0) is 6.54 Å². The summed E-state index contributed by atoms with van der Waals surface area (Å²) in [4.78, 5) is 24.7. The fourth-order valence-corrected chi connectivity index (χ4v) is 6.51. The van der Waals surface area contributed by atoms with Crippen LogP contribution in [-0.4, -0.2) is 50.9 Å². The van der Waals surface area contributed by atoms with Gasteiger partial charge >= 0.3 is 0 Å². The Kier molecular flexibility index (Phi) is 6.88. The predicted molar refractivity (Wildman–Crippen MR) is 157 cm³/mol. The summed E-state index contributed by atoms with van der Waals surface area (Å²) in [5, 5.41) is 10.7. The molecule has 7 rings (SSSR count). The fraction of sp³-hybridized carbons (Fsp3) is 0.235. The lowest BCUT2D eigenvalue weighted by molar-refractivity contribution is 0.0720. The Hall–Kier alpha value is -4.70. The lowest BCUT2D eigenvalue weighted by atomic mass is 9.88. The molecule has 1 saturated heterocycles. The minimum absolute atomic E-state index is 0.00202. The topological polar surface area (TPSA) is 72.5 Å². The SMILES string of the molecule is CN1CCC(c2ccc(-c3ccc4c(c3F)C(=O)N(C(c3nc5c(F)cccc5[nH]3)c3cc(F)ccc3O)C4)cc2F)CC1. The number of piperidine rings is 1. The number of carbonyl (C=O) groups is 1. The molecule has 1 aromatic heterocycles. The Morgan fingerprint density at radius 1 is 0.955 bits per heavy atom. The number of aromatic nitrogens is 2. The normalized spacial score (nSPS) is 16.6. The van der Waals surface area contributed by atoms with E-state index in [2.05, 4.69) is 14.9 Å². The number of likely N-dealkylation sites (tertiary alicyclic amines) is 1. The van der Waals surface area contributed by atoms with Crippen molar-refractivity contribution < 1.29 is 27.5 Å². The van der Waals surface area contributed by atoms with Crippen LogP contribution < -0.4 is 0 Å². The van der Waals surface area contributed by atoms with Crippen molar-refractivity contribution in [2.24, 2.45) is 0 Å². The molecule has 3 heterocycles. The van der Waals surface area contributed by atoms with Gasteiger partial charge in [-0.1, -0.05) is 30.3 Å². The second-order valence-electron chi connectivity index (χ2n) is 11.6. The number of para-hydroxylation sites is 1. The summed E-state index contributed by atoms with van der Waals surface area (Å²) in [7, 11) is 2.04. The van der Waals surface area contributed by atoms with E-state index in [9.17, 15) is 18.7 Å². The van der Waals surface area contributed by atoms with Gasteiger partial charge in [-0.15, -0.1) is 0 Å². The number of fused-ring (bicyclic) bond motifs is 2. The van der Waals surface area contributed by atoms with Crippen molar-refractivity contribution in [1.82, 2.24) is 19.8 Å². The van der Waals surface area contributed by atoms with Crippen molar-refractivity contribution in [3.63, 3.8) is 0 Å². The van der Waals surface area contributed by atoms with E-state index in [1.807, 2.05) is 7.05 Å². The second kappa shape index (κ2) is 10.8. The van der Waals surface area contributed by atoms with Crippen LogP contribution in [0.3, 0.4) is 0 Å². The molecule has 0 saturated carbocycles. The second-order valence-corrected chi connectivity index (χ2v) is 11.6. The van der Waals surface area contributed by atoms with E-state index in [0.29, 0.717) is 22.2 Å². The highest BCUT2D eigenvalue weighted by Crippen LogP contribution is 2.42. The van der Waals surface area contributed by atoms with Crippen molar-refractivity contribution in [3.8, 4) is 16.9 Å². The molecule has 44 heavy (non-hydrogen) atoms. The maximum absolute atomic E-state index is 16.2. The molecule has 6 nitrogen and oxygen atoms in total. The van der Waals surface area contributed by atoms with E-state index >= 15 is 8.78 Å². The molecule has 224 valence electrons. The third kappa shape index (κ3) is 4.70. The highest BCUT2D eigenvalue weighted by molar-refractivity contribution is 6.00. The molecular weight excluding hydrogens is 572 g/mol. The van der Waals surface area contributed by atoms with Gasteiger partial charge in [0.25, 0.3) is 5.91 Å². The van der Waals surface area contributed by atoms with Crippen molar-refractivity contribution in [1.29, 1.82) is 0 Å². The molecule has 1 unspecified atom stereocenters. The molecule has 5 aromatic rings. The average Bonchev–Trinajstić information content (AvgIpc) is 3.58. The molecular formula is C34H28F4N4O2. The van der Waals surface area contributed by atoms with Gasteiger partial charge in [0.05, 0.1) is 11.1 Å². The van der Waals surface area contributed by atoms with Gasteiger partial charge in [-0.05, 0) is 92.0 Å². The van der Waals surface area contributed by atoms with Crippen LogP contribution in [0.1, 0.15) is 57.7 Å². The Morgan fingerprint density at radius 3 is 2.50 bits per heavy atom. The molecule has 1 atom stereocenters. The monoisotopic (exact) mass is 600 g/mol. The lowest BCUT2D eigenvalue weighted by Crippen LogP contribution is -2.31. The van der Waals surface area contributed by atoms with Crippen molar-refractivity contribution in [3.05, 3.63) is 118 Å². The number of hydrogen-bond donors (Lipinski definition) is 2. The zero-order valence-corrected chi connectivity index (χ0v) is 23.8. The first-order valence-corrected chi connectivity index (χ1v) is 14.4. The molecule has 10 heteroatoms. The highest BCUT2D eigenvalue weighted by atomic mass is 19.1. The van der Waals surface area contributed by atoms with E-state index in [-0.39, 0.29) is 46.2 Å². The molecule has 4 aromatic carbocycles. The van der Waals surface area contributed by atoms with Crippen molar-refractivity contribution in [2.45, 2.75) is 31.3 Å². The number of carbonyl (C=O) groups excluding carboxylic acids is 1. The van der Waals surface area contributed by atoms with E-state index < -0.39 is 35.2 Å². The molecule has 1 fully saturated rings. The highest BCUT2D eigenvalue weighted by Gasteiger charge is 2.40. The first kappa shape index (κ1) is 28.1. The van der Waals surface area contributed by atoms with Crippen molar-refractivity contribution in [2.75, 3.05) is 20.1 Å². The van der Waals surface area contributed by atoms with E-state index in [4.69, 9.17) is 0 Å². The van der Waals surface area contributed by atoms with Crippen LogP contribution in [0.5, 0.6) is 5.75 Å². The van der Waals surface area contributed by atoms with Gasteiger partial charge in [0.2, 0.25) is 0 Å². The predicted octanol–water partition coefficient (Wildman–Crippen LogP) is 7.05. The van der Waals surface area contributed by atoms with Crippen molar-refractivity contribution >= 4 is 16.9 Å². The summed E-state index contributed by atoms with van der Waals surface area (Å²) in [5.41, 5.74) is 1.48. The maximum Gasteiger partial charge on any atom is 0.258 e. The molecule has 0 radical (unpaired) electrons. The van der Waals surface area contributed by atoms with Crippen LogP contribution in [0.25, 0.3) is 22.2 Å². The number of imidazole rings is 1. The third-order valence-corrected chi connectivity index (χ3v) is 8.85.